The van der Waals surface area contributed by atoms with Crippen molar-refractivity contribution in [3.05, 3.63) is 65.3 Å². The molecule has 0 saturated carbocycles. The summed E-state index contributed by atoms with van der Waals surface area (Å²) < 4.78 is 51.6. The lowest BCUT2D eigenvalue weighted by Crippen LogP contribution is -2.43. The molecule has 1 amide bonds. The van der Waals surface area contributed by atoms with E-state index in [0.29, 0.717) is 17.9 Å². The van der Waals surface area contributed by atoms with Crippen molar-refractivity contribution in [1.82, 2.24) is 4.72 Å². The van der Waals surface area contributed by atoms with Crippen LogP contribution in [0.25, 0.3) is 11.1 Å². The van der Waals surface area contributed by atoms with E-state index in [1.807, 2.05) is 6.92 Å². The second-order valence-electron chi connectivity index (χ2n) is 7.56. The van der Waals surface area contributed by atoms with Gasteiger partial charge in [-0.2, -0.15) is 4.72 Å². The van der Waals surface area contributed by atoms with Gasteiger partial charge in [-0.25, -0.2) is 17.6 Å². The molecule has 2 N–H and O–H groups in total. The molecule has 0 aliphatic carbocycles. The first-order valence-electron chi connectivity index (χ1n) is 11.3. The molecular weight excluding hydrogens is 507 g/mol. The van der Waals surface area contributed by atoms with E-state index in [2.05, 4.69) is 10.0 Å². The van der Waals surface area contributed by atoms with Gasteiger partial charge in [0.1, 0.15) is 28.2 Å². The normalized spacial score (nSPS) is 12.1. The highest BCUT2D eigenvalue weighted by Crippen LogP contribution is 2.37. The number of nitrogens with one attached hydrogen (secondary N) is 2. The lowest BCUT2D eigenvalue weighted by molar-refractivity contribution is -0.117. The number of sulfonamides is 1. The molecule has 1 aromatic heterocycles. The Morgan fingerprint density at radius 3 is 2.25 bits per heavy atom. The van der Waals surface area contributed by atoms with Gasteiger partial charge >= 0.3 is 5.97 Å². The van der Waals surface area contributed by atoms with Crippen molar-refractivity contribution in [2.75, 3.05) is 18.5 Å². The van der Waals surface area contributed by atoms with E-state index < -0.39 is 33.8 Å². The smallest absolute Gasteiger partial charge is 0.341 e. The first-order valence-corrected chi connectivity index (χ1v) is 13.7. The van der Waals surface area contributed by atoms with E-state index in [0.717, 1.165) is 41.2 Å². The Morgan fingerprint density at radius 2 is 1.67 bits per heavy atom. The van der Waals surface area contributed by atoms with Crippen LogP contribution >= 0.6 is 11.3 Å². The predicted molar refractivity (Wildman–Crippen MR) is 136 cm³/mol. The zero-order chi connectivity index (χ0) is 26.3. The highest BCUT2D eigenvalue weighted by Gasteiger charge is 2.28. The molecule has 1 heterocycles. The molecule has 0 spiro atoms. The van der Waals surface area contributed by atoms with Crippen LogP contribution in [-0.4, -0.2) is 39.5 Å². The molecule has 2 aromatic carbocycles. The number of thiophene rings is 1. The number of benzene rings is 2. The Balaban J connectivity index is 1.87. The van der Waals surface area contributed by atoms with E-state index in [4.69, 9.17) is 9.47 Å². The summed E-state index contributed by atoms with van der Waals surface area (Å²) in [5.74, 6) is -1.15. The van der Waals surface area contributed by atoms with Crippen molar-refractivity contribution in [3.8, 4) is 16.9 Å². The highest BCUT2D eigenvalue weighted by atomic mass is 32.2. The number of halogens is 1. The van der Waals surface area contributed by atoms with Crippen LogP contribution in [0.1, 0.15) is 37.6 Å². The number of carbonyl (C=O) groups excluding carboxylic acids is 2. The van der Waals surface area contributed by atoms with E-state index >= 15 is 0 Å². The van der Waals surface area contributed by atoms with Crippen LogP contribution in [0.2, 0.25) is 0 Å². The molecule has 3 rings (SSSR count). The third kappa shape index (κ3) is 6.48. The van der Waals surface area contributed by atoms with Gasteiger partial charge in [0.05, 0.1) is 18.1 Å². The predicted octanol–water partition coefficient (Wildman–Crippen LogP) is 4.83. The molecule has 192 valence electrons. The average Bonchev–Trinajstić information content (AvgIpc) is 3.27. The van der Waals surface area contributed by atoms with Crippen LogP contribution < -0.4 is 14.8 Å². The number of hydrogen-bond donors (Lipinski definition) is 2. The minimum atomic E-state index is -4.08. The Morgan fingerprint density at radius 1 is 1.00 bits per heavy atom. The molecule has 0 bridgehead atoms. The van der Waals surface area contributed by atoms with Gasteiger partial charge in [0.15, 0.2) is 0 Å². The van der Waals surface area contributed by atoms with E-state index in [1.165, 1.54) is 0 Å². The summed E-state index contributed by atoms with van der Waals surface area (Å²) in [5.41, 5.74) is 1.47. The molecule has 3 aromatic rings. The molecule has 8 nitrogen and oxygen atoms in total. The maximum atomic E-state index is 13.2. The van der Waals surface area contributed by atoms with E-state index in [-0.39, 0.29) is 28.5 Å². The number of esters is 1. The van der Waals surface area contributed by atoms with Crippen molar-refractivity contribution in [2.45, 2.75) is 38.1 Å². The molecular formula is C25H27FN2O6S2. The minimum Gasteiger partial charge on any atom is -0.494 e. The van der Waals surface area contributed by atoms with Gasteiger partial charge in [-0.3, -0.25) is 4.79 Å². The quantitative estimate of drug-likeness (QED) is 0.341. The Kier molecular flexibility index (Phi) is 9.19. The maximum Gasteiger partial charge on any atom is 0.341 e. The van der Waals surface area contributed by atoms with Gasteiger partial charge in [-0.15, -0.1) is 11.3 Å². The molecule has 0 radical (unpaired) electrons. The zero-order valence-electron chi connectivity index (χ0n) is 20.0. The molecule has 1 atom stereocenters. The van der Waals surface area contributed by atoms with Gasteiger partial charge in [0, 0.05) is 10.9 Å². The van der Waals surface area contributed by atoms with Crippen molar-refractivity contribution >= 4 is 38.2 Å². The fourth-order valence-corrected chi connectivity index (χ4v) is 5.60. The van der Waals surface area contributed by atoms with Crippen LogP contribution in [0.5, 0.6) is 5.75 Å². The third-order valence-corrected chi connectivity index (χ3v) is 7.51. The molecule has 11 heteroatoms. The number of amides is 1. The first kappa shape index (κ1) is 27.3. The van der Waals surface area contributed by atoms with Gasteiger partial charge < -0.3 is 14.8 Å². The van der Waals surface area contributed by atoms with Crippen molar-refractivity contribution in [3.63, 3.8) is 0 Å². The third-order valence-electron chi connectivity index (χ3n) is 5.13. The lowest BCUT2D eigenvalue weighted by Gasteiger charge is -2.17. The number of rotatable bonds is 11. The van der Waals surface area contributed by atoms with Gasteiger partial charge in [-0.05, 0) is 62.2 Å². The molecule has 0 saturated heterocycles. The number of carbonyl (C=O) groups is 2. The van der Waals surface area contributed by atoms with Crippen molar-refractivity contribution in [2.24, 2.45) is 0 Å². The number of hydrogen-bond acceptors (Lipinski definition) is 7. The Bertz CT molecular complexity index is 1310. The van der Waals surface area contributed by atoms with Crippen LogP contribution in [0.4, 0.5) is 9.39 Å². The van der Waals surface area contributed by atoms with Gasteiger partial charge in [-0.1, -0.05) is 19.1 Å². The summed E-state index contributed by atoms with van der Waals surface area (Å²) in [5, 5.41) is 4.63. The minimum absolute atomic E-state index is 0.137. The van der Waals surface area contributed by atoms with Crippen LogP contribution in [0.3, 0.4) is 0 Å². The topological polar surface area (TPSA) is 111 Å². The lowest BCUT2D eigenvalue weighted by atomic mass is 10.0. The fraction of sp³-hybridized carbons (Fsp3) is 0.280. The Hall–Kier alpha value is -3.28. The molecule has 1 unspecified atom stereocenters. The second kappa shape index (κ2) is 12.1. The van der Waals surface area contributed by atoms with Crippen molar-refractivity contribution in [1.29, 1.82) is 0 Å². The highest BCUT2D eigenvalue weighted by molar-refractivity contribution is 7.89. The fourth-order valence-electron chi connectivity index (χ4n) is 3.36. The molecule has 0 fully saturated rings. The van der Waals surface area contributed by atoms with Crippen LogP contribution in [-0.2, 0) is 19.6 Å². The van der Waals surface area contributed by atoms with E-state index in [9.17, 15) is 22.4 Å². The summed E-state index contributed by atoms with van der Waals surface area (Å²) in [6.07, 6.45) is 0.137. The second-order valence-corrected chi connectivity index (χ2v) is 10.2. The summed E-state index contributed by atoms with van der Waals surface area (Å²) >= 11 is 1.13. The van der Waals surface area contributed by atoms with E-state index in [1.54, 1.807) is 43.5 Å². The summed E-state index contributed by atoms with van der Waals surface area (Å²) in [6, 6.07) is 10.3. The largest absolute Gasteiger partial charge is 0.494 e. The molecule has 0 aliphatic heterocycles. The van der Waals surface area contributed by atoms with Crippen LogP contribution in [0, 0.1) is 5.82 Å². The van der Waals surface area contributed by atoms with Crippen LogP contribution in [0.15, 0.2) is 58.8 Å². The van der Waals surface area contributed by atoms with Crippen molar-refractivity contribution < 1.29 is 31.9 Å². The standard InChI is InChI=1S/C25H27FN2O6S2/c1-4-21(28-36(31,32)19-13-9-17(26)10-14-19)23(29)27-24-22(25(30)34-6-3)20(15-35-24)16-7-11-18(12-8-16)33-5-2/h7-15,21,28H,4-6H2,1-3H3,(H,27,29). The molecule has 0 aliphatic rings. The number of ether oxygens (including phenoxy) is 2. The average molecular weight is 535 g/mol. The zero-order valence-corrected chi connectivity index (χ0v) is 21.7. The Labute approximate surface area is 213 Å². The first-order chi connectivity index (χ1) is 17.2. The summed E-state index contributed by atoms with van der Waals surface area (Å²) in [6.45, 7) is 5.86. The number of anilines is 1. The van der Waals surface area contributed by atoms with Gasteiger partial charge in [0.2, 0.25) is 15.9 Å². The summed E-state index contributed by atoms with van der Waals surface area (Å²) in [7, 11) is -4.08. The SMILES string of the molecule is CCOC(=O)c1c(-c2ccc(OCC)cc2)csc1NC(=O)C(CC)NS(=O)(=O)c1ccc(F)cc1. The monoisotopic (exact) mass is 534 g/mol. The van der Waals surface area contributed by atoms with Gasteiger partial charge in [0.25, 0.3) is 0 Å². The molecule has 36 heavy (non-hydrogen) atoms. The maximum absolute atomic E-state index is 13.2. The summed E-state index contributed by atoms with van der Waals surface area (Å²) in [4.78, 5) is 25.7.